The Labute approximate surface area is 215 Å². The summed E-state index contributed by atoms with van der Waals surface area (Å²) in [6, 6.07) is 9.36. The summed E-state index contributed by atoms with van der Waals surface area (Å²) in [6.07, 6.45) is -2.99. The van der Waals surface area contributed by atoms with E-state index in [1.807, 2.05) is 0 Å². The van der Waals surface area contributed by atoms with Crippen molar-refractivity contribution in [3.8, 4) is 5.69 Å². The normalized spacial score (nSPS) is 12.5. The molecule has 0 radical (unpaired) electrons. The van der Waals surface area contributed by atoms with Crippen molar-refractivity contribution < 1.29 is 28.2 Å². The predicted octanol–water partition coefficient (Wildman–Crippen LogP) is 3.26. The Kier molecular flexibility index (Phi) is 7.75. The number of aliphatic hydroxyl groups is 2. The molecule has 0 aliphatic heterocycles. The topological polar surface area (TPSA) is 140 Å². The molecule has 200 valence electrons. The highest BCUT2D eigenvalue weighted by atomic mass is 19.4. The SMILES string of the molecule is CNc1ncnc2c1ncn2-c1ccc(NC(=O)Nc2ccc(CN(C)C(O)CO)c(C(F)(F)F)c2)cc1. The van der Waals surface area contributed by atoms with Crippen molar-refractivity contribution in [1.82, 2.24) is 24.4 Å². The van der Waals surface area contributed by atoms with Crippen molar-refractivity contribution in [2.24, 2.45) is 0 Å². The molecule has 0 saturated carbocycles. The first-order valence-electron chi connectivity index (χ1n) is 11.3. The molecule has 0 fully saturated rings. The number of halogens is 3. The molecule has 4 aromatic rings. The monoisotopic (exact) mass is 530 g/mol. The van der Waals surface area contributed by atoms with E-state index < -0.39 is 30.6 Å². The number of hydrogen-bond acceptors (Lipinski definition) is 8. The zero-order chi connectivity index (χ0) is 27.4. The van der Waals surface area contributed by atoms with Gasteiger partial charge in [-0.2, -0.15) is 13.2 Å². The molecule has 2 heterocycles. The molecule has 11 nitrogen and oxygen atoms in total. The van der Waals surface area contributed by atoms with Gasteiger partial charge in [0.1, 0.15) is 18.9 Å². The number of imidazole rings is 1. The van der Waals surface area contributed by atoms with Gasteiger partial charge in [-0.05, 0) is 49.0 Å². The van der Waals surface area contributed by atoms with E-state index in [2.05, 4.69) is 30.9 Å². The average molecular weight is 531 g/mol. The maximum absolute atomic E-state index is 13.7. The van der Waals surface area contributed by atoms with Crippen LogP contribution in [0.1, 0.15) is 11.1 Å². The van der Waals surface area contributed by atoms with Crippen LogP contribution < -0.4 is 16.0 Å². The number of anilines is 3. The molecule has 2 amide bonds. The van der Waals surface area contributed by atoms with E-state index in [0.717, 1.165) is 11.8 Å². The first kappa shape index (κ1) is 26.8. The third-order valence-corrected chi connectivity index (χ3v) is 5.74. The number of nitrogens with one attached hydrogen (secondary N) is 3. The zero-order valence-corrected chi connectivity index (χ0v) is 20.4. The number of urea groups is 1. The van der Waals surface area contributed by atoms with Crippen molar-refractivity contribution in [2.45, 2.75) is 18.9 Å². The number of nitrogens with zero attached hydrogens (tertiary/aromatic N) is 5. The molecule has 38 heavy (non-hydrogen) atoms. The van der Waals surface area contributed by atoms with Crippen LogP contribution in [0.4, 0.5) is 35.2 Å². The summed E-state index contributed by atoms with van der Waals surface area (Å²) in [7, 11) is 3.11. The van der Waals surface area contributed by atoms with Gasteiger partial charge in [0.2, 0.25) is 0 Å². The van der Waals surface area contributed by atoms with Gasteiger partial charge < -0.3 is 26.2 Å². The third kappa shape index (κ3) is 5.82. The molecule has 0 saturated heterocycles. The van der Waals surface area contributed by atoms with Gasteiger partial charge in [-0.15, -0.1) is 0 Å². The Morgan fingerprint density at radius 2 is 1.76 bits per heavy atom. The molecular formula is C24H25F3N8O3. The highest BCUT2D eigenvalue weighted by molar-refractivity contribution is 5.99. The van der Waals surface area contributed by atoms with Crippen LogP contribution >= 0.6 is 0 Å². The number of rotatable bonds is 8. The van der Waals surface area contributed by atoms with Gasteiger partial charge >= 0.3 is 12.2 Å². The average Bonchev–Trinajstić information content (AvgIpc) is 3.33. The molecule has 14 heteroatoms. The van der Waals surface area contributed by atoms with Crippen LogP contribution in [0, 0.1) is 0 Å². The Balaban J connectivity index is 1.46. The third-order valence-electron chi connectivity index (χ3n) is 5.74. The fraction of sp³-hybridized carbons (Fsp3) is 0.250. The summed E-state index contributed by atoms with van der Waals surface area (Å²) >= 11 is 0. The summed E-state index contributed by atoms with van der Waals surface area (Å²) in [5.41, 5.74) is 1.17. The fourth-order valence-electron chi connectivity index (χ4n) is 3.77. The number of aliphatic hydroxyl groups excluding tert-OH is 2. The highest BCUT2D eigenvalue weighted by Crippen LogP contribution is 2.34. The highest BCUT2D eigenvalue weighted by Gasteiger charge is 2.34. The number of carbonyl (C=O) groups excluding carboxylic acids is 1. The molecule has 0 aliphatic carbocycles. The minimum Gasteiger partial charge on any atom is -0.392 e. The Morgan fingerprint density at radius 1 is 1.08 bits per heavy atom. The van der Waals surface area contributed by atoms with Crippen LogP contribution in [-0.4, -0.2) is 67.6 Å². The van der Waals surface area contributed by atoms with Gasteiger partial charge in [0, 0.05) is 30.7 Å². The Bertz CT molecular complexity index is 1430. The minimum absolute atomic E-state index is 0.0644. The van der Waals surface area contributed by atoms with Gasteiger partial charge in [0.25, 0.3) is 0 Å². The van der Waals surface area contributed by atoms with Gasteiger partial charge in [0.05, 0.1) is 12.2 Å². The summed E-state index contributed by atoms with van der Waals surface area (Å²) in [4.78, 5) is 26.4. The maximum atomic E-state index is 13.7. The summed E-state index contributed by atoms with van der Waals surface area (Å²) < 4.78 is 42.7. The van der Waals surface area contributed by atoms with Gasteiger partial charge in [-0.25, -0.2) is 19.7 Å². The summed E-state index contributed by atoms with van der Waals surface area (Å²) in [5, 5.41) is 26.6. The second-order valence-electron chi connectivity index (χ2n) is 8.33. The van der Waals surface area contributed by atoms with Gasteiger partial charge in [0.15, 0.2) is 17.0 Å². The molecule has 5 N–H and O–H groups in total. The van der Waals surface area contributed by atoms with Crippen molar-refractivity contribution in [2.75, 3.05) is 36.7 Å². The molecule has 0 spiro atoms. The number of hydrogen-bond donors (Lipinski definition) is 5. The number of fused-ring (bicyclic) bond motifs is 1. The minimum atomic E-state index is -4.69. The van der Waals surface area contributed by atoms with Crippen molar-refractivity contribution in [3.63, 3.8) is 0 Å². The van der Waals surface area contributed by atoms with Crippen LogP contribution in [0.2, 0.25) is 0 Å². The summed E-state index contributed by atoms with van der Waals surface area (Å²) in [5.74, 6) is 0.584. The van der Waals surface area contributed by atoms with Gasteiger partial charge in [-0.3, -0.25) is 9.47 Å². The number of alkyl halides is 3. The molecule has 0 bridgehead atoms. The molecule has 1 atom stereocenters. The number of benzene rings is 2. The second kappa shape index (κ2) is 11.0. The van der Waals surface area contributed by atoms with E-state index in [1.54, 1.807) is 42.2 Å². The number of likely N-dealkylation sites (N-methyl/N-ethyl adjacent to an activating group) is 1. The summed E-state index contributed by atoms with van der Waals surface area (Å²) in [6.45, 7) is -0.882. The number of carbonyl (C=O) groups is 1. The smallest absolute Gasteiger partial charge is 0.392 e. The predicted molar refractivity (Wildman–Crippen MR) is 135 cm³/mol. The maximum Gasteiger partial charge on any atom is 0.416 e. The Morgan fingerprint density at radius 3 is 2.42 bits per heavy atom. The van der Waals surface area contributed by atoms with E-state index >= 15 is 0 Å². The molecule has 4 rings (SSSR count). The lowest BCUT2D eigenvalue weighted by Gasteiger charge is -2.24. The van der Waals surface area contributed by atoms with Crippen LogP contribution in [0.5, 0.6) is 0 Å². The number of amides is 2. The molecular weight excluding hydrogens is 505 g/mol. The largest absolute Gasteiger partial charge is 0.416 e. The molecule has 0 aliphatic rings. The standard InChI is InChI=1S/C24H25F3N8O3/c1-28-21-20-22(30-12-29-21)35(13-31-20)17-7-5-15(6-8-17)32-23(38)33-16-4-3-14(10-34(2)19(37)11-36)18(9-16)24(25,26)27/h3-9,12-13,19,36-37H,10-11H2,1-2H3,(H,28,29,30)(H2,32,33,38). The first-order chi connectivity index (χ1) is 18.1. The molecule has 1 unspecified atom stereocenters. The molecule has 2 aromatic heterocycles. The second-order valence-corrected chi connectivity index (χ2v) is 8.33. The molecule has 2 aromatic carbocycles. The van der Waals surface area contributed by atoms with E-state index in [4.69, 9.17) is 5.11 Å². The van der Waals surface area contributed by atoms with Crippen LogP contribution in [0.15, 0.2) is 55.1 Å². The van der Waals surface area contributed by atoms with Crippen molar-refractivity contribution in [1.29, 1.82) is 0 Å². The lowest BCUT2D eigenvalue weighted by atomic mass is 10.1. The zero-order valence-electron chi connectivity index (χ0n) is 20.4. The van der Waals surface area contributed by atoms with Gasteiger partial charge in [-0.1, -0.05) is 6.07 Å². The van der Waals surface area contributed by atoms with Crippen molar-refractivity contribution >= 4 is 34.4 Å². The first-order valence-corrected chi connectivity index (χ1v) is 11.3. The van der Waals surface area contributed by atoms with E-state index in [0.29, 0.717) is 22.7 Å². The van der Waals surface area contributed by atoms with Crippen LogP contribution in [0.25, 0.3) is 16.9 Å². The quantitative estimate of drug-likeness (QED) is 0.219. The van der Waals surface area contributed by atoms with E-state index in [9.17, 15) is 23.1 Å². The van der Waals surface area contributed by atoms with Crippen LogP contribution in [-0.2, 0) is 12.7 Å². The number of aromatic nitrogens is 4. The Hall–Kier alpha value is -4.27. The lowest BCUT2D eigenvalue weighted by molar-refractivity contribution is -0.138. The van der Waals surface area contributed by atoms with Crippen molar-refractivity contribution in [3.05, 3.63) is 66.2 Å². The van der Waals surface area contributed by atoms with Crippen LogP contribution in [0.3, 0.4) is 0 Å². The van der Waals surface area contributed by atoms with E-state index in [-0.39, 0.29) is 17.8 Å². The fourth-order valence-corrected chi connectivity index (χ4v) is 3.77. The van der Waals surface area contributed by atoms with E-state index in [1.165, 1.54) is 30.4 Å². The lowest BCUT2D eigenvalue weighted by Crippen LogP contribution is -2.34.